The number of hydrogen-bond donors (Lipinski definition) is 0. The molecule has 2 aromatic heterocycles. The first-order chi connectivity index (χ1) is 12.1. The summed E-state index contributed by atoms with van der Waals surface area (Å²) in [7, 11) is 0. The first kappa shape index (κ1) is 16.4. The molecule has 128 valence electrons. The van der Waals surface area contributed by atoms with Crippen molar-refractivity contribution in [1.29, 1.82) is 0 Å². The predicted octanol–water partition coefficient (Wildman–Crippen LogP) is 4.06. The monoisotopic (exact) mass is 374 g/mol. The van der Waals surface area contributed by atoms with Gasteiger partial charge in [-0.2, -0.15) is 0 Å². The van der Waals surface area contributed by atoms with Crippen LogP contribution in [0.15, 0.2) is 42.6 Å². The third-order valence-electron chi connectivity index (χ3n) is 4.58. The van der Waals surface area contributed by atoms with Crippen LogP contribution in [0, 0.1) is 0 Å². The fourth-order valence-electron chi connectivity index (χ4n) is 3.32. The van der Waals surface area contributed by atoms with Gasteiger partial charge in [-0.05, 0) is 43.2 Å². The second kappa shape index (κ2) is 6.65. The first-order valence-corrected chi connectivity index (χ1v) is 8.93. The number of pyridine rings is 1. The van der Waals surface area contributed by atoms with E-state index in [0.29, 0.717) is 22.2 Å². The largest absolute Gasteiger partial charge is 0.338 e. The summed E-state index contributed by atoms with van der Waals surface area (Å²) in [6.45, 7) is 1.35. The van der Waals surface area contributed by atoms with Crippen molar-refractivity contribution in [3.63, 3.8) is 0 Å². The second-order valence-corrected chi connectivity index (χ2v) is 7.02. The fraction of sp³-hybridized carbons (Fsp3) is 0.278. The third kappa shape index (κ3) is 3.10. The molecule has 25 heavy (non-hydrogen) atoms. The highest BCUT2D eigenvalue weighted by Gasteiger charge is 2.28. The molecule has 0 saturated carbocycles. The number of hydrogen-bond acceptors (Lipinski definition) is 3. The molecule has 1 atom stereocenters. The van der Waals surface area contributed by atoms with E-state index in [1.165, 1.54) is 0 Å². The number of likely N-dealkylation sites (tertiary alicyclic amines) is 1. The summed E-state index contributed by atoms with van der Waals surface area (Å²) in [6.07, 6.45) is 3.88. The van der Waals surface area contributed by atoms with E-state index in [-0.39, 0.29) is 11.8 Å². The molecule has 0 aliphatic carbocycles. The van der Waals surface area contributed by atoms with Crippen molar-refractivity contribution in [2.45, 2.75) is 18.8 Å². The molecule has 0 radical (unpaired) electrons. The lowest BCUT2D eigenvalue weighted by atomic mass is 9.96. The maximum Gasteiger partial charge on any atom is 0.253 e. The molecule has 1 aromatic carbocycles. The van der Waals surface area contributed by atoms with Gasteiger partial charge in [0.05, 0.1) is 10.0 Å². The number of carbonyl (C=O) groups is 1. The van der Waals surface area contributed by atoms with Gasteiger partial charge in [0, 0.05) is 30.8 Å². The van der Waals surface area contributed by atoms with E-state index in [0.717, 1.165) is 30.9 Å². The van der Waals surface area contributed by atoms with E-state index < -0.39 is 0 Å². The summed E-state index contributed by atoms with van der Waals surface area (Å²) in [4.78, 5) is 14.7. The fourth-order valence-corrected chi connectivity index (χ4v) is 3.62. The van der Waals surface area contributed by atoms with Gasteiger partial charge >= 0.3 is 0 Å². The van der Waals surface area contributed by atoms with Crippen LogP contribution >= 0.6 is 23.2 Å². The number of fused-ring (bicyclic) bond motifs is 1. The Labute approximate surface area is 155 Å². The first-order valence-electron chi connectivity index (χ1n) is 8.17. The molecular weight excluding hydrogens is 359 g/mol. The zero-order valence-corrected chi connectivity index (χ0v) is 14.9. The van der Waals surface area contributed by atoms with Gasteiger partial charge in [0.2, 0.25) is 0 Å². The van der Waals surface area contributed by atoms with E-state index in [9.17, 15) is 4.79 Å². The standard InChI is InChI=1S/C18H16Cl2N4O/c19-14-7-6-12(10-15(14)20)18(25)23-8-3-4-13(11-23)17-22-21-16-5-1-2-9-24(16)17/h1-2,5-7,9-10,13H,3-4,8,11H2/t13-/m1/s1. The summed E-state index contributed by atoms with van der Waals surface area (Å²) in [5.41, 5.74) is 1.38. The van der Waals surface area contributed by atoms with E-state index in [4.69, 9.17) is 23.2 Å². The highest BCUT2D eigenvalue weighted by molar-refractivity contribution is 6.42. The Morgan fingerprint density at radius 1 is 1.12 bits per heavy atom. The minimum Gasteiger partial charge on any atom is -0.338 e. The molecule has 5 nitrogen and oxygen atoms in total. The predicted molar refractivity (Wildman–Crippen MR) is 97.3 cm³/mol. The molecule has 1 saturated heterocycles. The zero-order chi connectivity index (χ0) is 17.4. The minimum absolute atomic E-state index is 0.0305. The number of halogens is 2. The minimum atomic E-state index is -0.0305. The van der Waals surface area contributed by atoms with E-state index in [1.54, 1.807) is 18.2 Å². The van der Waals surface area contributed by atoms with Gasteiger partial charge in [-0.1, -0.05) is 29.3 Å². The molecule has 0 spiro atoms. The molecule has 3 heterocycles. The van der Waals surface area contributed by atoms with Crippen molar-refractivity contribution >= 4 is 34.8 Å². The van der Waals surface area contributed by atoms with Crippen molar-refractivity contribution in [3.05, 3.63) is 64.0 Å². The Hall–Kier alpha value is -2.11. The average molecular weight is 375 g/mol. The molecule has 3 aromatic rings. The van der Waals surface area contributed by atoms with Crippen LogP contribution in [-0.2, 0) is 0 Å². The SMILES string of the molecule is O=C(c1ccc(Cl)c(Cl)c1)N1CCC[C@@H](c2nnc3ccccn23)C1. The van der Waals surface area contributed by atoms with Crippen molar-refractivity contribution in [1.82, 2.24) is 19.5 Å². The molecule has 0 N–H and O–H groups in total. The van der Waals surface area contributed by atoms with Gasteiger partial charge in [-0.25, -0.2) is 0 Å². The number of aromatic nitrogens is 3. The number of amides is 1. The molecule has 1 fully saturated rings. The van der Waals surface area contributed by atoms with Crippen LogP contribution in [0.5, 0.6) is 0 Å². The second-order valence-electron chi connectivity index (χ2n) is 6.21. The Bertz CT molecular complexity index is 940. The molecule has 1 aliphatic rings. The Morgan fingerprint density at radius 2 is 2.00 bits per heavy atom. The number of piperidine rings is 1. The lowest BCUT2D eigenvalue weighted by molar-refractivity contribution is 0.0704. The molecular formula is C18H16Cl2N4O. The average Bonchev–Trinajstić information content (AvgIpc) is 3.08. The molecule has 1 aliphatic heterocycles. The molecule has 4 rings (SSSR count). The summed E-state index contributed by atoms with van der Waals surface area (Å²) >= 11 is 12.0. The van der Waals surface area contributed by atoms with Gasteiger partial charge in [-0.3, -0.25) is 9.20 Å². The Kier molecular flexibility index (Phi) is 4.36. The molecule has 7 heteroatoms. The smallest absolute Gasteiger partial charge is 0.253 e. The van der Waals surface area contributed by atoms with E-state index >= 15 is 0 Å². The topological polar surface area (TPSA) is 50.5 Å². The normalized spacial score (nSPS) is 17.8. The maximum absolute atomic E-state index is 12.8. The van der Waals surface area contributed by atoms with Crippen LogP contribution in [0.25, 0.3) is 5.65 Å². The maximum atomic E-state index is 12.8. The number of nitrogens with zero attached hydrogens (tertiary/aromatic N) is 4. The summed E-state index contributed by atoms with van der Waals surface area (Å²) in [6, 6.07) is 10.8. The van der Waals surface area contributed by atoms with Crippen LogP contribution in [0.1, 0.15) is 34.9 Å². The van der Waals surface area contributed by atoms with E-state index in [2.05, 4.69) is 10.2 Å². The summed E-state index contributed by atoms with van der Waals surface area (Å²) in [5, 5.41) is 9.41. The van der Waals surface area contributed by atoms with Crippen LogP contribution in [0.3, 0.4) is 0 Å². The highest BCUT2D eigenvalue weighted by atomic mass is 35.5. The summed E-state index contributed by atoms with van der Waals surface area (Å²) in [5.74, 6) is 1.04. The van der Waals surface area contributed by atoms with Crippen molar-refractivity contribution < 1.29 is 4.79 Å². The van der Waals surface area contributed by atoms with Gasteiger partial charge in [-0.15, -0.1) is 10.2 Å². The van der Waals surface area contributed by atoms with Crippen molar-refractivity contribution in [3.8, 4) is 0 Å². The number of benzene rings is 1. The van der Waals surface area contributed by atoms with Crippen LogP contribution in [0.2, 0.25) is 10.0 Å². The Balaban J connectivity index is 1.58. The van der Waals surface area contributed by atoms with Gasteiger partial charge in [0.25, 0.3) is 5.91 Å². The zero-order valence-electron chi connectivity index (χ0n) is 13.4. The van der Waals surface area contributed by atoms with E-state index in [1.807, 2.05) is 33.7 Å². The highest BCUT2D eigenvalue weighted by Crippen LogP contribution is 2.28. The van der Waals surface area contributed by atoms with Crippen molar-refractivity contribution in [2.24, 2.45) is 0 Å². The van der Waals surface area contributed by atoms with Crippen LogP contribution in [-0.4, -0.2) is 38.5 Å². The lowest BCUT2D eigenvalue weighted by Gasteiger charge is -2.32. The van der Waals surface area contributed by atoms with Crippen LogP contribution in [0.4, 0.5) is 0 Å². The molecule has 0 unspecified atom stereocenters. The van der Waals surface area contributed by atoms with Gasteiger partial charge in [0.1, 0.15) is 5.82 Å². The van der Waals surface area contributed by atoms with Gasteiger partial charge < -0.3 is 4.90 Å². The lowest BCUT2D eigenvalue weighted by Crippen LogP contribution is -2.39. The molecule has 0 bridgehead atoms. The summed E-state index contributed by atoms with van der Waals surface area (Å²) < 4.78 is 2.00. The van der Waals surface area contributed by atoms with Crippen molar-refractivity contribution in [2.75, 3.05) is 13.1 Å². The Morgan fingerprint density at radius 3 is 2.84 bits per heavy atom. The third-order valence-corrected chi connectivity index (χ3v) is 5.32. The molecule has 1 amide bonds. The number of carbonyl (C=O) groups excluding carboxylic acids is 1. The van der Waals surface area contributed by atoms with Gasteiger partial charge in [0.15, 0.2) is 5.65 Å². The van der Waals surface area contributed by atoms with Crippen LogP contribution < -0.4 is 0 Å². The number of rotatable bonds is 2. The quantitative estimate of drug-likeness (QED) is 0.679.